The Kier molecular flexibility index (Phi) is 6.16. The number of benzene rings is 1. The fourth-order valence-corrected chi connectivity index (χ4v) is 3.41. The Balaban J connectivity index is 2.00. The van der Waals surface area contributed by atoms with Crippen molar-refractivity contribution in [2.24, 2.45) is 5.92 Å². The highest BCUT2D eigenvalue weighted by molar-refractivity contribution is 5.75. The van der Waals surface area contributed by atoms with Crippen molar-refractivity contribution in [3.05, 3.63) is 35.4 Å². The molecule has 146 valence electrons. The average molecular weight is 371 g/mol. The van der Waals surface area contributed by atoms with E-state index >= 15 is 0 Å². The lowest BCUT2D eigenvalue weighted by molar-refractivity contribution is -0.129. The van der Waals surface area contributed by atoms with Crippen LogP contribution in [0.3, 0.4) is 0 Å². The van der Waals surface area contributed by atoms with Gasteiger partial charge in [-0.05, 0) is 18.9 Å². The zero-order valence-electron chi connectivity index (χ0n) is 16.7. The molecule has 0 radical (unpaired) electrons. The zero-order chi connectivity index (χ0) is 19.4. The molecular formula is C21H29N3O3. The summed E-state index contributed by atoms with van der Waals surface area (Å²) in [5, 5.41) is 4.40. The van der Waals surface area contributed by atoms with Gasteiger partial charge in [0.25, 0.3) is 0 Å². The number of aromatic nitrogens is 1. The van der Waals surface area contributed by atoms with E-state index in [1.165, 1.54) is 5.56 Å². The van der Waals surface area contributed by atoms with E-state index in [9.17, 15) is 4.79 Å². The van der Waals surface area contributed by atoms with Crippen LogP contribution < -0.4 is 4.90 Å². The Morgan fingerprint density at radius 3 is 2.67 bits per heavy atom. The Labute approximate surface area is 161 Å². The van der Waals surface area contributed by atoms with E-state index < -0.39 is 0 Å². The predicted molar refractivity (Wildman–Crippen MR) is 106 cm³/mol. The molecule has 27 heavy (non-hydrogen) atoms. The van der Waals surface area contributed by atoms with Gasteiger partial charge in [0.2, 0.25) is 11.8 Å². The van der Waals surface area contributed by atoms with E-state index in [0.717, 1.165) is 35.8 Å². The molecule has 1 fully saturated rings. The van der Waals surface area contributed by atoms with Gasteiger partial charge in [0.15, 0.2) is 0 Å². The van der Waals surface area contributed by atoms with E-state index in [-0.39, 0.29) is 5.91 Å². The summed E-state index contributed by atoms with van der Waals surface area (Å²) in [4.78, 5) is 16.3. The molecule has 0 spiro atoms. The number of nitrogens with zero attached hydrogens (tertiary/aromatic N) is 3. The van der Waals surface area contributed by atoms with Crippen molar-refractivity contribution >= 4 is 11.8 Å². The molecule has 2 aromatic rings. The second-order valence-electron chi connectivity index (χ2n) is 7.58. The van der Waals surface area contributed by atoms with Crippen LogP contribution in [0.25, 0.3) is 11.3 Å². The largest absolute Gasteiger partial charge is 0.378 e. The van der Waals surface area contributed by atoms with Gasteiger partial charge in [0.05, 0.1) is 25.3 Å². The van der Waals surface area contributed by atoms with Gasteiger partial charge in [-0.3, -0.25) is 4.79 Å². The summed E-state index contributed by atoms with van der Waals surface area (Å²) in [6, 6.07) is 8.23. The first kappa shape index (κ1) is 19.4. The molecule has 1 aromatic heterocycles. The molecule has 1 amide bonds. The first-order chi connectivity index (χ1) is 13.0. The van der Waals surface area contributed by atoms with Gasteiger partial charge >= 0.3 is 0 Å². The average Bonchev–Trinajstić information content (AvgIpc) is 3.05. The van der Waals surface area contributed by atoms with E-state index in [1.54, 1.807) is 6.92 Å². The molecule has 6 nitrogen and oxygen atoms in total. The Bertz CT molecular complexity index is 779. The number of aryl methyl sites for hydroxylation is 1. The number of ether oxygens (including phenoxy) is 1. The third kappa shape index (κ3) is 4.69. The molecule has 1 aliphatic rings. The second kappa shape index (κ2) is 8.57. The second-order valence-corrected chi connectivity index (χ2v) is 7.58. The van der Waals surface area contributed by atoms with Crippen LogP contribution in [0, 0.1) is 12.8 Å². The predicted octanol–water partition coefficient (Wildman–Crippen LogP) is 3.49. The fraction of sp³-hybridized carbons (Fsp3) is 0.524. The normalized spacial score (nSPS) is 14.6. The Morgan fingerprint density at radius 2 is 2.04 bits per heavy atom. The standard InChI is InChI=1S/C21H29N3O3/c1-15(2)13-24(17(4)25)14-19-20(18-7-5-6-16(3)12-18)22-27-21(19)23-8-10-26-11-9-23/h5-7,12,15H,8-11,13-14H2,1-4H3. The van der Waals surface area contributed by atoms with Crippen LogP contribution in [0.1, 0.15) is 31.9 Å². The summed E-state index contributed by atoms with van der Waals surface area (Å²) < 4.78 is 11.3. The molecule has 0 unspecified atom stereocenters. The van der Waals surface area contributed by atoms with Crippen LogP contribution in [-0.4, -0.2) is 48.8 Å². The molecule has 3 rings (SSSR count). The molecule has 1 aliphatic heterocycles. The van der Waals surface area contributed by atoms with E-state index in [4.69, 9.17) is 9.26 Å². The van der Waals surface area contributed by atoms with Gasteiger partial charge in [-0.1, -0.05) is 42.8 Å². The lowest BCUT2D eigenvalue weighted by atomic mass is 10.0. The number of hydrogen-bond donors (Lipinski definition) is 0. The number of hydrogen-bond acceptors (Lipinski definition) is 5. The smallest absolute Gasteiger partial charge is 0.233 e. The van der Waals surface area contributed by atoms with Crippen molar-refractivity contribution in [2.75, 3.05) is 37.7 Å². The first-order valence-electron chi connectivity index (χ1n) is 9.59. The zero-order valence-corrected chi connectivity index (χ0v) is 16.7. The lowest BCUT2D eigenvalue weighted by Gasteiger charge is -2.28. The van der Waals surface area contributed by atoms with E-state index in [2.05, 4.69) is 43.0 Å². The van der Waals surface area contributed by atoms with Gasteiger partial charge < -0.3 is 19.1 Å². The Hall–Kier alpha value is -2.34. The van der Waals surface area contributed by atoms with Crippen molar-refractivity contribution in [3.63, 3.8) is 0 Å². The summed E-state index contributed by atoms with van der Waals surface area (Å²) in [6.07, 6.45) is 0. The number of carbonyl (C=O) groups is 1. The monoisotopic (exact) mass is 371 g/mol. The van der Waals surface area contributed by atoms with Crippen LogP contribution >= 0.6 is 0 Å². The van der Waals surface area contributed by atoms with Gasteiger partial charge in [0, 0.05) is 32.1 Å². The van der Waals surface area contributed by atoms with Gasteiger partial charge in [-0.15, -0.1) is 0 Å². The molecule has 0 saturated carbocycles. The summed E-state index contributed by atoms with van der Waals surface area (Å²) in [7, 11) is 0. The molecule has 0 atom stereocenters. The maximum Gasteiger partial charge on any atom is 0.233 e. The first-order valence-corrected chi connectivity index (χ1v) is 9.59. The fourth-order valence-electron chi connectivity index (χ4n) is 3.41. The van der Waals surface area contributed by atoms with Crippen molar-refractivity contribution in [1.29, 1.82) is 0 Å². The SMILES string of the molecule is CC(=O)N(Cc1c(-c2cccc(C)c2)noc1N1CCOCC1)CC(C)C. The number of rotatable bonds is 6. The van der Waals surface area contributed by atoms with E-state index in [0.29, 0.717) is 32.2 Å². The molecule has 0 aliphatic carbocycles. The number of morpholine rings is 1. The minimum Gasteiger partial charge on any atom is -0.378 e. The quantitative estimate of drug-likeness (QED) is 0.778. The number of anilines is 1. The van der Waals surface area contributed by atoms with Crippen molar-refractivity contribution in [2.45, 2.75) is 34.2 Å². The minimum absolute atomic E-state index is 0.0630. The van der Waals surface area contributed by atoms with Crippen LogP contribution in [0.2, 0.25) is 0 Å². The summed E-state index contributed by atoms with van der Waals surface area (Å²) in [5.41, 5.74) is 3.97. The Morgan fingerprint density at radius 1 is 1.30 bits per heavy atom. The summed E-state index contributed by atoms with van der Waals surface area (Å²) in [6.45, 7) is 12.0. The van der Waals surface area contributed by atoms with Gasteiger partial charge in [-0.2, -0.15) is 0 Å². The highest BCUT2D eigenvalue weighted by Crippen LogP contribution is 2.33. The molecular weight excluding hydrogens is 342 g/mol. The number of carbonyl (C=O) groups excluding carboxylic acids is 1. The maximum atomic E-state index is 12.2. The van der Waals surface area contributed by atoms with Crippen molar-refractivity contribution in [1.82, 2.24) is 10.1 Å². The lowest BCUT2D eigenvalue weighted by Crippen LogP contribution is -2.37. The molecule has 6 heteroatoms. The van der Waals surface area contributed by atoms with Crippen molar-refractivity contribution in [3.8, 4) is 11.3 Å². The third-order valence-electron chi connectivity index (χ3n) is 4.74. The molecule has 0 N–H and O–H groups in total. The van der Waals surface area contributed by atoms with Gasteiger partial charge in [0.1, 0.15) is 5.69 Å². The van der Waals surface area contributed by atoms with Crippen LogP contribution in [-0.2, 0) is 16.1 Å². The maximum absolute atomic E-state index is 12.2. The molecule has 0 bridgehead atoms. The highest BCUT2D eigenvalue weighted by Gasteiger charge is 2.26. The van der Waals surface area contributed by atoms with Crippen LogP contribution in [0.5, 0.6) is 0 Å². The molecule has 1 aromatic carbocycles. The van der Waals surface area contributed by atoms with Crippen LogP contribution in [0.4, 0.5) is 5.88 Å². The summed E-state index contributed by atoms with van der Waals surface area (Å²) in [5.74, 6) is 1.21. The number of amides is 1. The molecule has 2 heterocycles. The molecule has 1 saturated heterocycles. The van der Waals surface area contributed by atoms with Crippen molar-refractivity contribution < 1.29 is 14.1 Å². The summed E-state index contributed by atoms with van der Waals surface area (Å²) >= 11 is 0. The van der Waals surface area contributed by atoms with Gasteiger partial charge in [-0.25, -0.2) is 0 Å². The van der Waals surface area contributed by atoms with E-state index in [1.807, 2.05) is 17.0 Å². The minimum atomic E-state index is 0.0630. The third-order valence-corrected chi connectivity index (χ3v) is 4.74. The topological polar surface area (TPSA) is 58.8 Å². The highest BCUT2D eigenvalue weighted by atomic mass is 16.5. The van der Waals surface area contributed by atoms with Crippen LogP contribution in [0.15, 0.2) is 28.8 Å².